The predicted octanol–water partition coefficient (Wildman–Crippen LogP) is 3.05. The number of carboxylic acids is 1. The van der Waals surface area contributed by atoms with Crippen LogP contribution in [0.5, 0.6) is 0 Å². The molecule has 2 rings (SSSR count). The van der Waals surface area contributed by atoms with Crippen LogP contribution in [0.1, 0.15) is 32.1 Å². The van der Waals surface area contributed by atoms with Gasteiger partial charge in [0.2, 0.25) is 0 Å². The molecule has 3 nitrogen and oxygen atoms in total. The van der Waals surface area contributed by atoms with Crippen LogP contribution in [-0.2, 0) is 4.79 Å². The van der Waals surface area contributed by atoms with Gasteiger partial charge in [0.05, 0.1) is 0 Å². The fourth-order valence-corrected chi connectivity index (χ4v) is 2.56. The molecular formula is C14H18FNO2. The minimum atomic E-state index is -0.750. The fraction of sp³-hybridized carbons (Fsp3) is 0.500. The maximum atomic E-state index is 12.9. The molecule has 4 heteroatoms. The Morgan fingerprint density at radius 2 is 2.06 bits per heavy atom. The van der Waals surface area contributed by atoms with E-state index in [1.165, 1.54) is 12.1 Å². The molecule has 1 saturated heterocycles. The third kappa shape index (κ3) is 3.22. The van der Waals surface area contributed by atoms with Crippen LogP contribution in [0, 0.1) is 5.82 Å². The van der Waals surface area contributed by atoms with Gasteiger partial charge in [0, 0.05) is 24.7 Å². The maximum absolute atomic E-state index is 12.9. The van der Waals surface area contributed by atoms with Gasteiger partial charge in [0.15, 0.2) is 0 Å². The van der Waals surface area contributed by atoms with Crippen molar-refractivity contribution in [1.82, 2.24) is 0 Å². The lowest BCUT2D eigenvalue weighted by atomic mass is 9.97. The van der Waals surface area contributed by atoms with Gasteiger partial charge in [-0.3, -0.25) is 4.79 Å². The number of hydrogen-bond donors (Lipinski definition) is 1. The topological polar surface area (TPSA) is 40.5 Å². The molecule has 0 amide bonds. The average molecular weight is 251 g/mol. The van der Waals surface area contributed by atoms with Gasteiger partial charge in [0.1, 0.15) is 5.82 Å². The molecule has 18 heavy (non-hydrogen) atoms. The Labute approximate surface area is 106 Å². The van der Waals surface area contributed by atoms with Crippen LogP contribution in [-0.4, -0.2) is 23.7 Å². The minimum Gasteiger partial charge on any atom is -0.481 e. The van der Waals surface area contributed by atoms with E-state index < -0.39 is 5.97 Å². The van der Waals surface area contributed by atoms with Gasteiger partial charge in [-0.1, -0.05) is 0 Å². The fourth-order valence-electron chi connectivity index (χ4n) is 2.56. The van der Waals surface area contributed by atoms with Gasteiger partial charge in [-0.25, -0.2) is 4.39 Å². The largest absolute Gasteiger partial charge is 0.481 e. The second-order valence-corrected chi connectivity index (χ2v) is 4.75. The molecule has 0 aliphatic carbocycles. The zero-order chi connectivity index (χ0) is 13.0. The smallest absolute Gasteiger partial charge is 0.303 e. The van der Waals surface area contributed by atoms with Gasteiger partial charge in [-0.05, 0) is 49.9 Å². The van der Waals surface area contributed by atoms with Gasteiger partial charge < -0.3 is 10.0 Å². The number of rotatable bonds is 4. The highest BCUT2D eigenvalue weighted by Crippen LogP contribution is 2.27. The Morgan fingerprint density at radius 3 is 2.72 bits per heavy atom. The number of benzene rings is 1. The van der Waals surface area contributed by atoms with Crippen molar-refractivity contribution in [3.05, 3.63) is 30.1 Å². The van der Waals surface area contributed by atoms with Gasteiger partial charge in [-0.15, -0.1) is 0 Å². The molecule has 0 saturated carbocycles. The van der Waals surface area contributed by atoms with E-state index in [-0.39, 0.29) is 18.3 Å². The predicted molar refractivity (Wildman–Crippen MR) is 68.3 cm³/mol. The van der Waals surface area contributed by atoms with Crippen LogP contribution in [0.4, 0.5) is 10.1 Å². The van der Waals surface area contributed by atoms with Gasteiger partial charge in [0.25, 0.3) is 0 Å². The standard InChI is InChI=1S/C14H18FNO2/c15-11-4-6-13(7-5-11)16-10-2-1-3-12(16)8-9-14(17)18/h4-7,12H,1-3,8-10H2,(H,17,18). The highest BCUT2D eigenvalue weighted by Gasteiger charge is 2.23. The molecule has 0 spiro atoms. The summed E-state index contributed by atoms with van der Waals surface area (Å²) in [6.45, 7) is 0.927. The molecule has 1 unspecified atom stereocenters. The van der Waals surface area contributed by atoms with Crippen molar-refractivity contribution < 1.29 is 14.3 Å². The van der Waals surface area contributed by atoms with Crippen LogP contribution < -0.4 is 4.90 Å². The first-order valence-corrected chi connectivity index (χ1v) is 6.41. The average Bonchev–Trinajstić information content (AvgIpc) is 2.38. The van der Waals surface area contributed by atoms with E-state index in [1.807, 2.05) is 0 Å². The van der Waals surface area contributed by atoms with Crippen molar-refractivity contribution >= 4 is 11.7 Å². The maximum Gasteiger partial charge on any atom is 0.303 e. The third-order valence-corrected chi connectivity index (χ3v) is 3.48. The lowest BCUT2D eigenvalue weighted by molar-refractivity contribution is -0.137. The van der Waals surface area contributed by atoms with E-state index in [0.29, 0.717) is 6.42 Å². The van der Waals surface area contributed by atoms with Crippen LogP contribution in [0.3, 0.4) is 0 Å². The number of carboxylic acid groups (broad SMARTS) is 1. The Hall–Kier alpha value is -1.58. The van der Waals surface area contributed by atoms with Crippen molar-refractivity contribution in [3.63, 3.8) is 0 Å². The molecule has 1 fully saturated rings. The quantitative estimate of drug-likeness (QED) is 0.894. The second-order valence-electron chi connectivity index (χ2n) is 4.75. The van der Waals surface area contributed by atoms with Crippen molar-refractivity contribution in [2.45, 2.75) is 38.1 Å². The molecule has 0 radical (unpaired) electrons. The number of carbonyl (C=O) groups is 1. The van der Waals surface area contributed by atoms with Crippen molar-refractivity contribution in [1.29, 1.82) is 0 Å². The number of piperidine rings is 1. The van der Waals surface area contributed by atoms with Crippen molar-refractivity contribution in [3.8, 4) is 0 Å². The number of hydrogen-bond acceptors (Lipinski definition) is 2. The van der Waals surface area contributed by atoms with Crippen LogP contribution in [0.15, 0.2) is 24.3 Å². The SMILES string of the molecule is O=C(O)CCC1CCCCN1c1ccc(F)cc1. The summed E-state index contributed by atoms with van der Waals surface area (Å²) < 4.78 is 12.9. The van der Waals surface area contributed by atoms with Crippen LogP contribution in [0.25, 0.3) is 0 Å². The molecule has 1 N–H and O–H groups in total. The van der Waals surface area contributed by atoms with E-state index in [1.54, 1.807) is 12.1 Å². The van der Waals surface area contributed by atoms with Gasteiger partial charge >= 0.3 is 5.97 Å². The summed E-state index contributed by atoms with van der Waals surface area (Å²) in [4.78, 5) is 12.9. The Bertz CT molecular complexity index is 405. The molecule has 1 aromatic rings. The number of nitrogens with zero attached hydrogens (tertiary/aromatic N) is 1. The highest BCUT2D eigenvalue weighted by atomic mass is 19.1. The molecule has 1 heterocycles. The first kappa shape index (κ1) is 12.9. The van der Waals surface area contributed by atoms with E-state index in [4.69, 9.17) is 5.11 Å². The third-order valence-electron chi connectivity index (χ3n) is 3.48. The normalized spacial score (nSPS) is 19.8. The lowest BCUT2D eigenvalue weighted by Crippen LogP contribution is -2.39. The van der Waals surface area contributed by atoms with E-state index in [9.17, 15) is 9.18 Å². The monoisotopic (exact) mass is 251 g/mol. The zero-order valence-corrected chi connectivity index (χ0v) is 10.3. The summed E-state index contributed by atoms with van der Waals surface area (Å²) in [5.41, 5.74) is 0.992. The Morgan fingerprint density at radius 1 is 1.33 bits per heavy atom. The number of aliphatic carboxylic acids is 1. The number of anilines is 1. The summed E-state index contributed by atoms with van der Waals surface area (Å²) in [7, 11) is 0. The molecule has 0 aromatic heterocycles. The highest BCUT2D eigenvalue weighted by molar-refractivity contribution is 5.66. The van der Waals surface area contributed by atoms with Crippen LogP contribution >= 0.6 is 0 Å². The van der Waals surface area contributed by atoms with Crippen molar-refractivity contribution in [2.75, 3.05) is 11.4 Å². The first-order valence-electron chi connectivity index (χ1n) is 6.41. The molecule has 1 atom stereocenters. The summed E-state index contributed by atoms with van der Waals surface area (Å²) >= 11 is 0. The molecule has 0 bridgehead atoms. The molecule has 1 aliphatic rings. The van der Waals surface area contributed by atoms with Crippen molar-refractivity contribution in [2.24, 2.45) is 0 Å². The van der Waals surface area contributed by atoms with E-state index >= 15 is 0 Å². The molecular weight excluding hydrogens is 233 g/mol. The molecule has 98 valence electrons. The summed E-state index contributed by atoms with van der Waals surface area (Å²) in [5, 5.41) is 8.77. The lowest BCUT2D eigenvalue weighted by Gasteiger charge is -2.37. The van der Waals surface area contributed by atoms with E-state index in [0.717, 1.165) is 31.5 Å². The Balaban J connectivity index is 2.07. The zero-order valence-electron chi connectivity index (χ0n) is 10.3. The molecule has 1 aliphatic heterocycles. The molecule has 1 aromatic carbocycles. The summed E-state index contributed by atoms with van der Waals surface area (Å²) in [6, 6.07) is 6.72. The first-order chi connectivity index (χ1) is 8.66. The van der Waals surface area contributed by atoms with Crippen LogP contribution in [0.2, 0.25) is 0 Å². The minimum absolute atomic E-state index is 0.197. The summed E-state index contributed by atoms with van der Waals surface area (Å²) in [6.07, 6.45) is 4.13. The Kier molecular flexibility index (Phi) is 4.18. The van der Waals surface area contributed by atoms with Gasteiger partial charge in [-0.2, -0.15) is 0 Å². The van der Waals surface area contributed by atoms with E-state index in [2.05, 4.69) is 4.90 Å². The summed E-state index contributed by atoms with van der Waals surface area (Å²) in [5.74, 6) is -0.988. The number of halogens is 1. The second kappa shape index (κ2) is 5.85.